The van der Waals surface area contributed by atoms with Crippen molar-refractivity contribution in [3.63, 3.8) is 0 Å². The lowest BCUT2D eigenvalue weighted by atomic mass is 9.78. The van der Waals surface area contributed by atoms with E-state index in [4.69, 9.17) is 19.9 Å². The number of carbonyl (C=O) groups excluding carboxylic acids is 1. The van der Waals surface area contributed by atoms with Crippen LogP contribution in [-0.2, 0) is 19.0 Å². The number of rotatable bonds is 7. The van der Waals surface area contributed by atoms with Crippen LogP contribution in [0, 0.1) is 17.8 Å². The van der Waals surface area contributed by atoms with Crippen LogP contribution in [0.4, 0.5) is 0 Å². The standard InChI is InChI=1S/C32H63N3O9/c1-11-24-32(8,41)27(38)22(6)35(14-12-13-33)17-18(2)16-31(7,40)28(20(4)25(36)21(5)29(39)43-24)44-30-26(37)23(34(9)10)15-19(3)42-30/h18-28,30,36-38,40-41H,11-17,33H2,1-10H3/t18-,19-,20+,21-,22-,23+,24-,25+,26-,27-,28-,30+,31?,32-/m1/s1. The van der Waals surface area contributed by atoms with Crippen molar-refractivity contribution >= 4 is 5.97 Å². The van der Waals surface area contributed by atoms with Crippen molar-refractivity contribution in [1.29, 1.82) is 0 Å². The van der Waals surface area contributed by atoms with Gasteiger partial charge in [0, 0.05) is 24.5 Å². The molecule has 12 heteroatoms. The molecule has 0 bridgehead atoms. The quantitative estimate of drug-likeness (QED) is 0.217. The molecule has 0 amide bonds. The van der Waals surface area contributed by atoms with Crippen LogP contribution >= 0.6 is 0 Å². The van der Waals surface area contributed by atoms with Gasteiger partial charge in [0.1, 0.15) is 23.9 Å². The molecule has 12 nitrogen and oxygen atoms in total. The van der Waals surface area contributed by atoms with E-state index in [9.17, 15) is 30.3 Å². The summed E-state index contributed by atoms with van der Waals surface area (Å²) in [6.45, 7) is 15.2. The highest BCUT2D eigenvalue weighted by atomic mass is 16.7. The van der Waals surface area contributed by atoms with Crippen molar-refractivity contribution in [3.05, 3.63) is 0 Å². The highest BCUT2D eigenvalue weighted by Gasteiger charge is 2.50. The minimum atomic E-state index is -1.78. The van der Waals surface area contributed by atoms with E-state index in [2.05, 4.69) is 0 Å². The third-order valence-corrected chi connectivity index (χ3v) is 9.94. The fourth-order valence-electron chi connectivity index (χ4n) is 7.19. The molecule has 14 atom stereocenters. The zero-order valence-corrected chi connectivity index (χ0v) is 28.7. The van der Waals surface area contributed by atoms with E-state index in [0.29, 0.717) is 32.5 Å². The maximum absolute atomic E-state index is 13.4. The Balaban J connectivity index is 2.58. The predicted molar refractivity (Wildman–Crippen MR) is 168 cm³/mol. The lowest BCUT2D eigenvalue weighted by Crippen LogP contribution is -2.59. The summed E-state index contributed by atoms with van der Waals surface area (Å²) in [7, 11) is 3.75. The van der Waals surface area contributed by atoms with Gasteiger partial charge in [0.25, 0.3) is 0 Å². The van der Waals surface area contributed by atoms with Crippen molar-refractivity contribution < 1.29 is 44.5 Å². The van der Waals surface area contributed by atoms with Gasteiger partial charge < -0.3 is 50.4 Å². The van der Waals surface area contributed by atoms with Crippen LogP contribution in [-0.4, -0.2) is 141 Å². The number of nitrogens with zero attached hydrogens (tertiary/aromatic N) is 2. The summed E-state index contributed by atoms with van der Waals surface area (Å²) < 4.78 is 18.2. The number of aliphatic hydroxyl groups is 5. The number of nitrogens with two attached hydrogens (primary N) is 1. The summed E-state index contributed by atoms with van der Waals surface area (Å²) >= 11 is 0. The van der Waals surface area contributed by atoms with Crippen LogP contribution in [0.15, 0.2) is 0 Å². The summed E-state index contributed by atoms with van der Waals surface area (Å²) in [6, 6.07) is -0.780. The second kappa shape index (κ2) is 16.3. The van der Waals surface area contributed by atoms with Gasteiger partial charge in [-0.05, 0) is 93.4 Å². The molecule has 0 aromatic carbocycles. The first-order chi connectivity index (χ1) is 20.3. The molecule has 2 heterocycles. The van der Waals surface area contributed by atoms with Gasteiger partial charge in [-0.2, -0.15) is 0 Å². The Morgan fingerprint density at radius 3 is 2.23 bits per heavy atom. The molecule has 260 valence electrons. The molecule has 2 fully saturated rings. The Morgan fingerprint density at radius 1 is 1.07 bits per heavy atom. The van der Waals surface area contributed by atoms with Gasteiger partial charge in [0.15, 0.2) is 6.29 Å². The maximum atomic E-state index is 13.4. The number of carbonyl (C=O) groups is 1. The highest BCUT2D eigenvalue weighted by molar-refractivity contribution is 5.73. The summed E-state index contributed by atoms with van der Waals surface area (Å²) in [5.41, 5.74) is 2.52. The summed E-state index contributed by atoms with van der Waals surface area (Å²) in [5, 5.41) is 57.8. The Bertz CT molecular complexity index is 891. The summed E-state index contributed by atoms with van der Waals surface area (Å²) in [6.07, 6.45) is -5.26. The van der Waals surface area contributed by atoms with Crippen molar-refractivity contribution in [2.45, 2.75) is 147 Å². The lowest BCUT2D eigenvalue weighted by Gasteiger charge is -2.46. The van der Waals surface area contributed by atoms with Crippen LogP contribution in [0.3, 0.4) is 0 Å². The SMILES string of the molecule is CC[C@H]1OC(=O)[C@H](C)[C@@H](O)[C@H](C)[C@@H](O[C@@H]2O[C@H](C)C[C@H](N(C)C)[C@H]2O)C(C)(O)C[C@@H](C)CN(CCCN)[C@H](C)[C@@H](O)[C@]1(C)O. The largest absolute Gasteiger partial charge is 0.459 e. The lowest BCUT2D eigenvalue weighted by molar-refractivity contribution is -0.299. The van der Waals surface area contributed by atoms with E-state index in [-0.39, 0.29) is 30.9 Å². The van der Waals surface area contributed by atoms with Gasteiger partial charge in [0.2, 0.25) is 0 Å². The zero-order chi connectivity index (χ0) is 33.7. The molecule has 0 aromatic rings. The number of ether oxygens (including phenoxy) is 3. The predicted octanol–water partition coefficient (Wildman–Crippen LogP) is 0.695. The fraction of sp³-hybridized carbons (Fsp3) is 0.969. The van der Waals surface area contributed by atoms with E-state index >= 15 is 0 Å². The van der Waals surface area contributed by atoms with Crippen molar-refractivity contribution in [2.75, 3.05) is 33.7 Å². The average molecular weight is 634 g/mol. The van der Waals surface area contributed by atoms with E-state index in [0.717, 1.165) is 0 Å². The average Bonchev–Trinajstić information content (AvgIpc) is 2.94. The van der Waals surface area contributed by atoms with Crippen LogP contribution in [0.2, 0.25) is 0 Å². The molecule has 2 rings (SSSR count). The molecule has 0 radical (unpaired) electrons. The Hall–Kier alpha value is -0.930. The minimum absolute atomic E-state index is 0.133. The molecular formula is C32H63N3O9. The molecular weight excluding hydrogens is 570 g/mol. The second-order valence-corrected chi connectivity index (χ2v) is 14.3. The Labute approximate surface area is 264 Å². The van der Waals surface area contributed by atoms with Crippen molar-refractivity contribution in [1.82, 2.24) is 9.80 Å². The van der Waals surface area contributed by atoms with Crippen LogP contribution in [0.25, 0.3) is 0 Å². The first kappa shape index (κ1) is 39.2. The van der Waals surface area contributed by atoms with Crippen molar-refractivity contribution in [2.24, 2.45) is 23.5 Å². The van der Waals surface area contributed by atoms with Gasteiger partial charge in [-0.1, -0.05) is 20.8 Å². The number of esters is 1. The highest BCUT2D eigenvalue weighted by Crippen LogP contribution is 2.36. The van der Waals surface area contributed by atoms with E-state index in [1.807, 2.05) is 44.7 Å². The van der Waals surface area contributed by atoms with E-state index in [1.54, 1.807) is 20.8 Å². The molecule has 0 saturated carbocycles. The molecule has 0 spiro atoms. The molecule has 2 saturated heterocycles. The normalized spacial score (nSPS) is 45.9. The maximum Gasteiger partial charge on any atom is 0.311 e. The number of hydrogen-bond donors (Lipinski definition) is 6. The third-order valence-electron chi connectivity index (χ3n) is 9.94. The van der Waals surface area contributed by atoms with E-state index in [1.165, 1.54) is 13.8 Å². The summed E-state index contributed by atoms with van der Waals surface area (Å²) in [4.78, 5) is 17.4. The Kier molecular flexibility index (Phi) is 14.5. The molecule has 2 aliphatic heterocycles. The van der Waals surface area contributed by atoms with Gasteiger partial charge in [0.05, 0.1) is 29.8 Å². The van der Waals surface area contributed by atoms with Gasteiger partial charge in [-0.25, -0.2) is 0 Å². The minimum Gasteiger partial charge on any atom is -0.459 e. The van der Waals surface area contributed by atoms with Crippen LogP contribution in [0.5, 0.6) is 0 Å². The number of cyclic esters (lactones) is 1. The van der Waals surface area contributed by atoms with Gasteiger partial charge in [-0.15, -0.1) is 0 Å². The number of likely N-dealkylation sites (N-methyl/N-ethyl adjacent to an activating group) is 1. The van der Waals surface area contributed by atoms with Crippen LogP contribution < -0.4 is 5.73 Å². The fourth-order valence-corrected chi connectivity index (χ4v) is 7.19. The van der Waals surface area contributed by atoms with Gasteiger partial charge >= 0.3 is 5.97 Å². The molecule has 1 unspecified atom stereocenters. The first-order valence-electron chi connectivity index (χ1n) is 16.4. The molecule has 7 N–H and O–H groups in total. The topological polar surface area (TPSA) is 178 Å². The van der Waals surface area contributed by atoms with Crippen LogP contribution in [0.1, 0.15) is 81.1 Å². The number of hydrogen-bond acceptors (Lipinski definition) is 12. The second-order valence-electron chi connectivity index (χ2n) is 14.3. The molecule has 0 aromatic heterocycles. The van der Waals surface area contributed by atoms with Crippen molar-refractivity contribution in [3.8, 4) is 0 Å². The van der Waals surface area contributed by atoms with Gasteiger partial charge in [-0.3, -0.25) is 9.69 Å². The number of aliphatic hydroxyl groups excluding tert-OH is 3. The summed E-state index contributed by atoms with van der Waals surface area (Å²) in [5.74, 6) is -2.73. The molecule has 0 aliphatic carbocycles. The smallest absolute Gasteiger partial charge is 0.311 e. The molecule has 44 heavy (non-hydrogen) atoms. The third kappa shape index (κ3) is 9.33. The zero-order valence-electron chi connectivity index (χ0n) is 28.7. The van der Waals surface area contributed by atoms with E-state index < -0.39 is 71.9 Å². The monoisotopic (exact) mass is 633 g/mol. The molecule has 2 aliphatic rings. The first-order valence-corrected chi connectivity index (χ1v) is 16.4. The Morgan fingerprint density at radius 2 is 1.68 bits per heavy atom.